The number of amides is 1. The first kappa shape index (κ1) is 21.9. The molecular formula is C21H27N4O5S2+. The second-order valence-corrected chi connectivity index (χ2v) is 11.2. The van der Waals surface area contributed by atoms with Gasteiger partial charge in [0.25, 0.3) is 0 Å². The van der Waals surface area contributed by atoms with Gasteiger partial charge in [0.1, 0.15) is 18.0 Å². The first-order valence-corrected chi connectivity index (χ1v) is 12.5. The molecule has 2 fully saturated rings. The predicted octanol–water partition coefficient (Wildman–Crippen LogP) is 0.476. The Kier molecular flexibility index (Phi) is 5.37. The molecule has 1 amide bonds. The zero-order valence-corrected chi connectivity index (χ0v) is 19.6. The fourth-order valence-electron chi connectivity index (χ4n) is 5.31. The number of β-lactam (4-membered cyclic amide) rings is 1. The zero-order chi connectivity index (χ0) is 22.9. The number of aliphatic hydroxyl groups is 2. The minimum Gasteiger partial charge on any atom is -0.477 e. The molecule has 2 aromatic rings. The van der Waals surface area contributed by atoms with Crippen LogP contribution in [0.3, 0.4) is 0 Å². The fourth-order valence-corrected chi connectivity index (χ4v) is 7.79. The average Bonchev–Trinajstić information content (AvgIpc) is 3.45. The van der Waals surface area contributed by atoms with Gasteiger partial charge < -0.3 is 25.5 Å². The van der Waals surface area contributed by atoms with Crippen molar-refractivity contribution in [2.75, 3.05) is 6.54 Å². The minimum atomic E-state index is -1.11. The summed E-state index contributed by atoms with van der Waals surface area (Å²) >= 11 is 3.07. The third-order valence-corrected chi connectivity index (χ3v) is 9.26. The number of nitrogens with zero attached hydrogens (tertiary/aromatic N) is 3. The van der Waals surface area contributed by atoms with Crippen molar-refractivity contribution in [3.8, 4) is 0 Å². The molecule has 3 aliphatic rings. The molecule has 0 aromatic carbocycles. The number of imidazole rings is 1. The number of carbonyl (C=O) groups excluding carboxylic acids is 1. The number of thioether (sulfide) groups is 1. The lowest BCUT2D eigenvalue weighted by Gasteiger charge is -2.46. The van der Waals surface area contributed by atoms with Crippen LogP contribution in [0.2, 0.25) is 0 Å². The highest BCUT2D eigenvalue weighted by atomic mass is 32.2. The Labute approximate surface area is 193 Å². The largest absolute Gasteiger partial charge is 0.477 e. The van der Waals surface area contributed by atoms with Crippen LogP contribution in [0, 0.1) is 11.8 Å². The summed E-state index contributed by atoms with van der Waals surface area (Å²) in [4.78, 5) is 27.6. The number of carboxylic acids is 1. The summed E-state index contributed by atoms with van der Waals surface area (Å²) in [5.74, 6) is -2.13. The van der Waals surface area contributed by atoms with E-state index in [0.29, 0.717) is 17.9 Å². The number of fused-ring (bicyclic) bond motifs is 2. The number of hydrogen-bond donors (Lipinski definition) is 4. The molecule has 172 valence electrons. The van der Waals surface area contributed by atoms with Crippen LogP contribution in [0.1, 0.15) is 32.1 Å². The molecule has 3 aliphatic heterocycles. The van der Waals surface area contributed by atoms with E-state index in [9.17, 15) is 24.9 Å². The fraction of sp³-hybridized carbons (Fsp3) is 0.571. The third kappa shape index (κ3) is 3.21. The number of aliphatic hydroxyl groups excluding tert-OH is 2. The van der Waals surface area contributed by atoms with Crippen LogP contribution >= 0.6 is 23.1 Å². The van der Waals surface area contributed by atoms with Gasteiger partial charge in [-0.05, 0) is 13.3 Å². The molecule has 4 N–H and O–H groups in total. The molecule has 0 spiro atoms. The zero-order valence-electron chi connectivity index (χ0n) is 18.0. The first-order chi connectivity index (χ1) is 15.2. The molecule has 0 aliphatic carbocycles. The second kappa shape index (κ2) is 7.84. The molecule has 0 bridgehead atoms. The number of carboxylic acid groups (broad SMARTS) is 1. The van der Waals surface area contributed by atoms with Crippen molar-refractivity contribution in [3.63, 3.8) is 0 Å². The maximum atomic E-state index is 12.5. The van der Waals surface area contributed by atoms with Gasteiger partial charge >= 0.3 is 5.97 Å². The highest BCUT2D eigenvalue weighted by Gasteiger charge is 2.60. The Morgan fingerprint density at radius 3 is 2.84 bits per heavy atom. The van der Waals surface area contributed by atoms with Gasteiger partial charge in [-0.25, -0.2) is 9.36 Å². The van der Waals surface area contributed by atoms with Crippen molar-refractivity contribution >= 4 is 39.8 Å². The van der Waals surface area contributed by atoms with E-state index in [1.807, 2.05) is 40.8 Å². The highest BCUT2D eigenvalue weighted by molar-refractivity contribution is 8.03. The lowest BCUT2D eigenvalue weighted by atomic mass is 9.79. The van der Waals surface area contributed by atoms with E-state index in [1.54, 1.807) is 18.3 Å². The first-order valence-electron chi connectivity index (χ1n) is 10.7. The molecule has 11 heteroatoms. The quantitative estimate of drug-likeness (QED) is 0.352. The summed E-state index contributed by atoms with van der Waals surface area (Å²) in [6.07, 6.45) is 3.13. The number of aryl methyl sites for hydroxylation is 1. The van der Waals surface area contributed by atoms with Crippen LogP contribution in [0.25, 0.3) is 4.83 Å². The van der Waals surface area contributed by atoms with Crippen molar-refractivity contribution in [3.05, 3.63) is 34.2 Å². The van der Waals surface area contributed by atoms with E-state index in [1.165, 1.54) is 16.7 Å². The summed E-state index contributed by atoms with van der Waals surface area (Å²) in [6.45, 7) is 4.15. The van der Waals surface area contributed by atoms with Gasteiger partial charge in [0.05, 0.1) is 25.1 Å². The maximum Gasteiger partial charge on any atom is 0.353 e. The van der Waals surface area contributed by atoms with E-state index in [-0.39, 0.29) is 34.9 Å². The highest BCUT2D eigenvalue weighted by Crippen LogP contribution is 2.52. The van der Waals surface area contributed by atoms with Gasteiger partial charge in [-0.2, -0.15) is 4.40 Å². The van der Waals surface area contributed by atoms with E-state index < -0.39 is 24.1 Å². The van der Waals surface area contributed by atoms with Crippen LogP contribution in [0.4, 0.5) is 0 Å². The number of aromatic nitrogens is 2. The van der Waals surface area contributed by atoms with Gasteiger partial charge in [-0.15, -0.1) is 11.8 Å². The van der Waals surface area contributed by atoms with E-state index in [4.69, 9.17) is 0 Å². The van der Waals surface area contributed by atoms with Crippen molar-refractivity contribution in [2.24, 2.45) is 18.9 Å². The molecule has 2 aromatic heterocycles. The smallest absolute Gasteiger partial charge is 0.353 e. The van der Waals surface area contributed by atoms with E-state index in [0.717, 1.165) is 10.5 Å². The molecule has 32 heavy (non-hydrogen) atoms. The minimum absolute atomic E-state index is 0.0535. The van der Waals surface area contributed by atoms with Gasteiger partial charge in [0.2, 0.25) is 17.1 Å². The third-order valence-electron chi connectivity index (χ3n) is 6.84. The second-order valence-electron chi connectivity index (χ2n) is 8.99. The molecule has 5 heterocycles. The monoisotopic (exact) mass is 479 g/mol. The molecular weight excluding hydrogens is 452 g/mol. The summed E-state index contributed by atoms with van der Waals surface area (Å²) < 4.78 is 3.95. The van der Waals surface area contributed by atoms with E-state index in [2.05, 4.69) is 5.32 Å². The number of carbonyl (C=O) groups is 2. The van der Waals surface area contributed by atoms with Gasteiger partial charge in [-0.3, -0.25) is 4.79 Å². The van der Waals surface area contributed by atoms with Crippen LogP contribution in [-0.2, 0) is 16.6 Å². The number of hydrogen-bond acceptors (Lipinski definition) is 7. The number of nitrogens with one attached hydrogen (secondary N) is 1. The number of thiazole rings is 1. The summed E-state index contributed by atoms with van der Waals surface area (Å²) in [7, 11) is 1.95. The van der Waals surface area contributed by atoms with Gasteiger partial charge in [0, 0.05) is 34.0 Å². The molecule has 1 unspecified atom stereocenters. The molecule has 9 nitrogen and oxygen atoms in total. The standard InChI is InChI=1S/C21H26N4O5S2/c1-9-16-15(10(2)26)20(28)25(16)17(21(29)30)19(9)32-11-4-12(22-5-11)18(27)13-7-31-14-6-23(3)8-24(13)14/h6-12,15-16,18,22,26-27H,4-5H2,1-3H3/p+1/t9-,10-,11+,12+,15-,16-,18?/m1/s1. The topological polar surface area (TPSA) is 118 Å². The van der Waals surface area contributed by atoms with Crippen molar-refractivity contribution < 1.29 is 29.5 Å². The van der Waals surface area contributed by atoms with Gasteiger partial charge in [-0.1, -0.05) is 18.3 Å². The Morgan fingerprint density at radius 2 is 2.16 bits per heavy atom. The summed E-state index contributed by atoms with van der Waals surface area (Å²) in [5.41, 5.74) is 0.890. The maximum absolute atomic E-state index is 12.5. The van der Waals surface area contributed by atoms with Crippen molar-refractivity contribution in [1.29, 1.82) is 0 Å². The SMILES string of the molecule is C[C@@H](O)[C@H]1C(=O)N2C(C(=O)O)=C(S[C@@H]3CN[C@H](C(O)c4csc5c[n+](C)cn45)C3)[C@H](C)[C@H]12. The number of rotatable bonds is 6. The van der Waals surface area contributed by atoms with Gasteiger partial charge in [0.15, 0.2) is 5.69 Å². The molecule has 7 atom stereocenters. The molecule has 0 radical (unpaired) electrons. The Balaban J connectivity index is 1.33. The lowest BCUT2D eigenvalue weighted by molar-refractivity contribution is -0.670. The van der Waals surface area contributed by atoms with Crippen molar-refractivity contribution in [1.82, 2.24) is 14.6 Å². The van der Waals surface area contributed by atoms with Crippen molar-refractivity contribution in [2.45, 2.75) is 49.8 Å². The number of aliphatic carboxylic acids is 1. The molecule has 0 saturated carbocycles. The summed E-state index contributed by atoms with van der Waals surface area (Å²) in [5, 5.41) is 36.3. The van der Waals surface area contributed by atoms with Crippen LogP contribution in [0.15, 0.2) is 28.5 Å². The lowest BCUT2D eigenvalue weighted by Crippen LogP contribution is -2.63. The average molecular weight is 480 g/mol. The Hall–Kier alpha value is -1.92. The Bertz CT molecular complexity index is 1120. The van der Waals surface area contributed by atoms with Crippen LogP contribution in [0.5, 0.6) is 0 Å². The normalized spacial score (nSPS) is 31.8. The van der Waals surface area contributed by atoms with Crippen LogP contribution in [-0.4, -0.2) is 66.5 Å². The Morgan fingerprint density at radius 1 is 1.41 bits per heavy atom. The molecule has 2 saturated heterocycles. The predicted molar refractivity (Wildman–Crippen MR) is 119 cm³/mol. The van der Waals surface area contributed by atoms with Crippen LogP contribution < -0.4 is 9.88 Å². The summed E-state index contributed by atoms with van der Waals surface area (Å²) in [6, 6.07) is -0.451. The molecule has 5 rings (SSSR count). The van der Waals surface area contributed by atoms with E-state index >= 15 is 0 Å².